The predicted molar refractivity (Wildman–Crippen MR) is 113 cm³/mol. The molecular formula is C21H21N5O2S. The first-order valence-electron chi connectivity index (χ1n) is 9.34. The third kappa shape index (κ3) is 3.88. The molecule has 7 nitrogen and oxygen atoms in total. The number of hydrogen-bond acceptors (Lipinski definition) is 5. The van der Waals surface area contributed by atoms with Gasteiger partial charge in [0.25, 0.3) is 0 Å². The summed E-state index contributed by atoms with van der Waals surface area (Å²) in [4.78, 5) is 27.0. The van der Waals surface area contributed by atoms with Gasteiger partial charge >= 0.3 is 0 Å². The van der Waals surface area contributed by atoms with Crippen molar-refractivity contribution in [1.29, 1.82) is 0 Å². The first-order chi connectivity index (χ1) is 14.0. The summed E-state index contributed by atoms with van der Waals surface area (Å²) in [5.41, 5.74) is 3.45. The fraction of sp³-hybridized carbons (Fsp3) is 0.238. The number of hydrogen-bond donors (Lipinski definition) is 1. The molecule has 1 aliphatic rings. The Morgan fingerprint density at radius 3 is 2.69 bits per heavy atom. The van der Waals surface area contributed by atoms with Crippen LogP contribution >= 0.6 is 11.8 Å². The summed E-state index contributed by atoms with van der Waals surface area (Å²) in [7, 11) is 0. The number of amides is 2. The van der Waals surface area contributed by atoms with E-state index in [1.165, 1.54) is 11.8 Å². The molecule has 0 radical (unpaired) electrons. The van der Waals surface area contributed by atoms with Gasteiger partial charge in [0.15, 0.2) is 5.16 Å². The van der Waals surface area contributed by atoms with Crippen LogP contribution in [-0.4, -0.2) is 38.4 Å². The van der Waals surface area contributed by atoms with Gasteiger partial charge in [0.05, 0.1) is 22.8 Å². The van der Waals surface area contributed by atoms with Gasteiger partial charge in [-0.25, -0.2) is 0 Å². The highest BCUT2D eigenvalue weighted by Gasteiger charge is 2.29. The number of aryl methyl sites for hydroxylation is 1. The van der Waals surface area contributed by atoms with Crippen LogP contribution in [0.1, 0.15) is 18.9 Å². The lowest BCUT2D eigenvalue weighted by Crippen LogP contribution is -2.40. The lowest BCUT2D eigenvalue weighted by molar-refractivity contribution is -0.117. The molecule has 1 aromatic heterocycles. The molecule has 4 rings (SSSR count). The standard InChI is InChI=1S/C21H21N5O2S/c1-14-7-3-5-9-17(14)25-13-22-24-21(25)29-12-20(28)26-15(2)11-19(27)23-16-8-4-6-10-18(16)26/h3-10,13,15H,11-12H2,1-2H3,(H,23,27)/t15-/m0/s1. The van der Waals surface area contributed by atoms with Gasteiger partial charge in [0, 0.05) is 12.5 Å². The first kappa shape index (κ1) is 19.2. The van der Waals surface area contributed by atoms with Crippen LogP contribution in [0.3, 0.4) is 0 Å². The number of para-hydroxylation sites is 3. The van der Waals surface area contributed by atoms with Crippen molar-refractivity contribution in [3.63, 3.8) is 0 Å². The van der Waals surface area contributed by atoms with E-state index in [0.29, 0.717) is 10.8 Å². The van der Waals surface area contributed by atoms with Gasteiger partial charge in [0.1, 0.15) is 6.33 Å². The first-order valence-corrected chi connectivity index (χ1v) is 10.3. The molecule has 1 N–H and O–H groups in total. The predicted octanol–water partition coefficient (Wildman–Crippen LogP) is 3.43. The summed E-state index contributed by atoms with van der Waals surface area (Å²) >= 11 is 1.34. The van der Waals surface area contributed by atoms with Crippen molar-refractivity contribution in [3.05, 3.63) is 60.4 Å². The van der Waals surface area contributed by atoms with E-state index in [4.69, 9.17) is 0 Å². The van der Waals surface area contributed by atoms with Crippen LogP contribution in [0.4, 0.5) is 11.4 Å². The summed E-state index contributed by atoms with van der Waals surface area (Å²) in [5, 5.41) is 11.7. The molecule has 1 aliphatic heterocycles. The number of benzene rings is 2. The number of nitrogens with one attached hydrogen (secondary N) is 1. The number of anilines is 2. The van der Waals surface area contributed by atoms with E-state index in [-0.39, 0.29) is 30.0 Å². The number of nitrogens with zero attached hydrogens (tertiary/aromatic N) is 4. The van der Waals surface area contributed by atoms with Crippen molar-refractivity contribution in [1.82, 2.24) is 14.8 Å². The van der Waals surface area contributed by atoms with Gasteiger partial charge in [-0.1, -0.05) is 42.1 Å². The molecule has 0 saturated heterocycles. The van der Waals surface area contributed by atoms with Gasteiger partial charge in [-0.15, -0.1) is 10.2 Å². The molecule has 0 aliphatic carbocycles. The van der Waals surface area contributed by atoms with E-state index in [1.807, 2.05) is 66.9 Å². The summed E-state index contributed by atoms with van der Waals surface area (Å²) in [6.45, 7) is 3.91. The zero-order valence-electron chi connectivity index (χ0n) is 16.2. The third-order valence-corrected chi connectivity index (χ3v) is 5.77. The second-order valence-corrected chi connectivity index (χ2v) is 7.88. The fourth-order valence-corrected chi connectivity index (χ4v) is 4.27. The molecular weight excluding hydrogens is 386 g/mol. The monoisotopic (exact) mass is 407 g/mol. The van der Waals surface area contributed by atoms with E-state index >= 15 is 0 Å². The van der Waals surface area contributed by atoms with Crippen LogP contribution in [0, 0.1) is 6.92 Å². The highest BCUT2D eigenvalue weighted by Crippen LogP contribution is 2.32. The maximum absolute atomic E-state index is 13.1. The maximum Gasteiger partial charge on any atom is 0.237 e. The molecule has 2 amide bonds. The number of carbonyl (C=O) groups is 2. The largest absolute Gasteiger partial charge is 0.324 e. The SMILES string of the molecule is Cc1ccccc1-n1cnnc1SCC(=O)N1c2ccccc2NC(=O)C[C@@H]1C. The van der Waals surface area contributed by atoms with E-state index in [9.17, 15) is 9.59 Å². The number of carbonyl (C=O) groups excluding carboxylic acids is 2. The summed E-state index contributed by atoms with van der Waals surface area (Å²) in [6.07, 6.45) is 1.91. The maximum atomic E-state index is 13.1. The van der Waals surface area contributed by atoms with Gasteiger partial charge in [-0.05, 0) is 37.6 Å². The lowest BCUT2D eigenvalue weighted by Gasteiger charge is -2.27. The minimum Gasteiger partial charge on any atom is -0.324 e. The Kier molecular flexibility index (Phi) is 5.35. The molecule has 148 valence electrons. The minimum atomic E-state index is -0.235. The second kappa shape index (κ2) is 8.08. The second-order valence-electron chi connectivity index (χ2n) is 6.94. The Labute approximate surface area is 173 Å². The molecule has 2 heterocycles. The van der Waals surface area contributed by atoms with Crippen LogP contribution in [0.2, 0.25) is 0 Å². The molecule has 29 heavy (non-hydrogen) atoms. The van der Waals surface area contributed by atoms with Crippen molar-refractivity contribution in [3.8, 4) is 5.69 Å². The van der Waals surface area contributed by atoms with Crippen LogP contribution < -0.4 is 10.2 Å². The Hall–Kier alpha value is -3.13. The summed E-state index contributed by atoms with van der Waals surface area (Å²) in [5.74, 6) is 0.0234. The van der Waals surface area contributed by atoms with Gasteiger partial charge in [-0.2, -0.15) is 0 Å². The normalized spacial score (nSPS) is 16.1. The average Bonchev–Trinajstić information content (AvgIpc) is 3.11. The topological polar surface area (TPSA) is 80.1 Å². The molecule has 0 unspecified atom stereocenters. The number of aromatic nitrogens is 3. The molecule has 0 spiro atoms. The Bertz CT molecular complexity index is 1060. The van der Waals surface area contributed by atoms with Crippen molar-refractivity contribution < 1.29 is 9.59 Å². The summed E-state index contributed by atoms with van der Waals surface area (Å²) in [6, 6.07) is 15.1. The van der Waals surface area contributed by atoms with Crippen LogP contribution in [0.25, 0.3) is 5.69 Å². The molecule has 8 heteroatoms. The van der Waals surface area contributed by atoms with Crippen molar-refractivity contribution in [2.24, 2.45) is 0 Å². The van der Waals surface area contributed by atoms with Gasteiger partial charge in [0.2, 0.25) is 11.8 Å². The molecule has 0 bridgehead atoms. The molecule has 0 saturated carbocycles. The van der Waals surface area contributed by atoms with Crippen molar-refractivity contribution in [2.45, 2.75) is 31.5 Å². The highest BCUT2D eigenvalue weighted by atomic mass is 32.2. The van der Waals surface area contributed by atoms with Gasteiger partial charge in [-0.3, -0.25) is 14.2 Å². The molecule has 1 atom stereocenters. The van der Waals surface area contributed by atoms with E-state index in [0.717, 1.165) is 16.9 Å². The Morgan fingerprint density at radius 1 is 1.17 bits per heavy atom. The third-order valence-electron chi connectivity index (χ3n) is 4.84. The zero-order chi connectivity index (χ0) is 20.4. The molecule has 2 aromatic carbocycles. The Morgan fingerprint density at radius 2 is 1.90 bits per heavy atom. The zero-order valence-corrected chi connectivity index (χ0v) is 17.0. The highest BCUT2D eigenvalue weighted by molar-refractivity contribution is 7.99. The average molecular weight is 407 g/mol. The quantitative estimate of drug-likeness (QED) is 0.670. The molecule has 0 fully saturated rings. The minimum absolute atomic E-state index is 0.0780. The van der Waals surface area contributed by atoms with E-state index < -0.39 is 0 Å². The van der Waals surface area contributed by atoms with E-state index in [2.05, 4.69) is 15.5 Å². The van der Waals surface area contributed by atoms with Crippen LogP contribution in [-0.2, 0) is 9.59 Å². The number of rotatable bonds is 4. The Balaban J connectivity index is 1.56. The fourth-order valence-electron chi connectivity index (χ4n) is 3.49. The number of fused-ring (bicyclic) bond motifs is 1. The molecule has 3 aromatic rings. The summed E-state index contributed by atoms with van der Waals surface area (Å²) < 4.78 is 1.89. The van der Waals surface area contributed by atoms with Gasteiger partial charge < -0.3 is 10.2 Å². The van der Waals surface area contributed by atoms with Crippen LogP contribution in [0.15, 0.2) is 60.0 Å². The smallest absolute Gasteiger partial charge is 0.237 e. The van der Waals surface area contributed by atoms with E-state index in [1.54, 1.807) is 11.2 Å². The lowest BCUT2D eigenvalue weighted by atomic mass is 10.2. The van der Waals surface area contributed by atoms with Crippen molar-refractivity contribution in [2.75, 3.05) is 16.0 Å². The van der Waals surface area contributed by atoms with Crippen LogP contribution in [0.5, 0.6) is 0 Å². The number of thioether (sulfide) groups is 1. The van der Waals surface area contributed by atoms with Crippen molar-refractivity contribution >= 4 is 35.0 Å².